The Bertz CT molecular complexity index is 422. The van der Waals surface area contributed by atoms with Crippen LogP contribution in [0.3, 0.4) is 0 Å². The molecule has 0 spiro atoms. The van der Waals surface area contributed by atoms with Gasteiger partial charge in [-0.2, -0.15) is 0 Å². The Labute approximate surface area is 102 Å². The zero-order chi connectivity index (χ0) is 11.2. The van der Waals surface area contributed by atoms with Gasteiger partial charge in [0, 0.05) is 0 Å². The summed E-state index contributed by atoms with van der Waals surface area (Å²) in [4.78, 5) is 0. The van der Waals surface area contributed by atoms with Crippen LogP contribution < -0.4 is 4.46 Å². The molecule has 82 valence electrons. The molecule has 0 aliphatic heterocycles. The van der Waals surface area contributed by atoms with E-state index in [1.165, 1.54) is 27.5 Å². The number of benzene rings is 2. The van der Waals surface area contributed by atoms with Crippen LogP contribution in [0, 0.1) is 5.82 Å². The van der Waals surface area contributed by atoms with Gasteiger partial charge in [0.05, 0.1) is 0 Å². The molecule has 0 saturated carbocycles. The summed E-state index contributed by atoms with van der Waals surface area (Å²) >= 11 is 0.523. The molecule has 16 heavy (non-hydrogen) atoms. The monoisotopic (exact) mass is 280 g/mol. The molecule has 0 saturated heterocycles. The van der Waals surface area contributed by atoms with E-state index < -0.39 is 0 Å². The van der Waals surface area contributed by atoms with E-state index in [4.69, 9.17) is 0 Å². The first-order valence-electron chi connectivity index (χ1n) is 5.27. The standard InChI is InChI=1S/C14H13FSe/c15-13-8-6-12(7-9-13)10-11-16-14-4-2-1-3-5-14/h1-9H,10-11H2. The Morgan fingerprint density at radius 1 is 0.875 bits per heavy atom. The van der Waals surface area contributed by atoms with Gasteiger partial charge >= 0.3 is 102 Å². The fraction of sp³-hybridized carbons (Fsp3) is 0.143. The molecule has 0 amide bonds. The van der Waals surface area contributed by atoms with Crippen LogP contribution in [0.15, 0.2) is 54.6 Å². The Morgan fingerprint density at radius 2 is 1.56 bits per heavy atom. The topological polar surface area (TPSA) is 0 Å². The van der Waals surface area contributed by atoms with Crippen molar-refractivity contribution < 1.29 is 4.39 Å². The summed E-state index contributed by atoms with van der Waals surface area (Å²) in [6.07, 6.45) is 1.04. The number of aryl methyl sites for hydroxylation is 1. The first-order valence-corrected chi connectivity index (χ1v) is 7.34. The van der Waals surface area contributed by atoms with Crippen LogP contribution >= 0.6 is 0 Å². The third kappa shape index (κ3) is 3.48. The van der Waals surface area contributed by atoms with E-state index in [0.29, 0.717) is 15.0 Å². The van der Waals surface area contributed by atoms with Crippen LogP contribution in [0.25, 0.3) is 0 Å². The van der Waals surface area contributed by atoms with Crippen molar-refractivity contribution >= 4 is 19.4 Å². The van der Waals surface area contributed by atoms with Crippen molar-refractivity contribution in [3.8, 4) is 0 Å². The first-order chi connectivity index (χ1) is 7.84. The molecule has 0 bridgehead atoms. The van der Waals surface area contributed by atoms with E-state index in [1.807, 2.05) is 18.2 Å². The van der Waals surface area contributed by atoms with Crippen LogP contribution in [0.5, 0.6) is 0 Å². The van der Waals surface area contributed by atoms with Crippen LogP contribution in [0.1, 0.15) is 5.56 Å². The van der Waals surface area contributed by atoms with Gasteiger partial charge in [-0.25, -0.2) is 0 Å². The maximum atomic E-state index is 12.7. The Balaban J connectivity index is 1.82. The predicted octanol–water partition coefficient (Wildman–Crippen LogP) is 2.82. The summed E-state index contributed by atoms with van der Waals surface area (Å²) in [5.41, 5.74) is 1.22. The van der Waals surface area contributed by atoms with Crippen molar-refractivity contribution in [1.82, 2.24) is 0 Å². The zero-order valence-electron chi connectivity index (χ0n) is 8.90. The van der Waals surface area contributed by atoms with E-state index in [9.17, 15) is 4.39 Å². The van der Waals surface area contributed by atoms with Gasteiger partial charge in [0.15, 0.2) is 0 Å². The van der Waals surface area contributed by atoms with Crippen molar-refractivity contribution in [2.45, 2.75) is 11.7 Å². The van der Waals surface area contributed by atoms with Gasteiger partial charge in [-0.05, 0) is 0 Å². The van der Waals surface area contributed by atoms with E-state index in [1.54, 1.807) is 0 Å². The summed E-state index contributed by atoms with van der Waals surface area (Å²) < 4.78 is 14.1. The molecule has 0 heterocycles. The molecule has 0 N–H and O–H groups in total. The van der Waals surface area contributed by atoms with Gasteiger partial charge in [-0.1, -0.05) is 0 Å². The Morgan fingerprint density at radius 3 is 2.25 bits per heavy atom. The second kappa shape index (κ2) is 5.83. The molecular formula is C14H13FSe. The second-order valence-electron chi connectivity index (χ2n) is 3.54. The summed E-state index contributed by atoms with van der Waals surface area (Å²) in [6.45, 7) is 0. The van der Waals surface area contributed by atoms with E-state index in [-0.39, 0.29) is 5.82 Å². The van der Waals surface area contributed by atoms with E-state index in [0.717, 1.165) is 6.42 Å². The molecular weight excluding hydrogens is 266 g/mol. The summed E-state index contributed by atoms with van der Waals surface area (Å²) in [5.74, 6) is -0.155. The van der Waals surface area contributed by atoms with E-state index >= 15 is 0 Å². The molecule has 0 atom stereocenters. The minimum absolute atomic E-state index is 0.155. The molecule has 2 aromatic rings. The summed E-state index contributed by atoms with van der Waals surface area (Å²) in [7, 11) is 0. The molecule has 0 radical (unpaired) electrons. The number of hydrogen-bond donors (Lipinski definition) is 0. The molecule has 0 fully saturated rings. The summed E-state index contributed by atoms with van der Waals surface area (Å²) in [6, 6.07) is 17.3. The SMILES string of the molecule is Fc1ccc(CC[Se]c2ccccc2)cc1. The van der Waals surface area contributed by atoms with Crippen molar-refractivity contribution in [3.63, 3.8) is 0 Å². The molecule has 2 heteroatoms. The molecule has 0 nitrogen and oxygen atoms in total. The van der Waals surface area contributed by atoms with Crippen LogP contribution in [0.4, 0.5) is 4.39 Å². The van der Waals surface area contributed by atoms with E-state index in [2.05, 4.69) is 24.3 Å². The molecule has 0 aliphatic carbocycles. The molecule has 0 aromatic heterocycles. The third-order valence-electron chi connectivity index (χ3n) is 2.32. The van der Waals surface area contributed by atoms with Crippen LogP contribution in [-0.4, -0.2) is 15.0 Å². The van der Waals surface area contributed by atoms with Gasteiger partial charge < -0.3 is 0 Å². The van der Waals surface area contributed by atoms with Crippen molar-refractivity contribution in [2.75, 3.05) is 0 Å². The minimum atomic E-state index is -0.155. The van der Waals surface area contributed by atoms with Gasteiger partial charge in [-0.15, -0.1) is 0 Å². The first kappa shape index (κ1) is 11.4. The Hall–Kier alpha value is -1.11. The van der Waals surface area contributed by atoms with Gasteiger partial charge in [0.1, 0.15) is 0 Å². The molecule has 0 aliphatic rings. The average molecular weight is 279 g/mol. The van der Waals surface area contributed by atoms with Crippen molar-refractivity contribution in [2.24, 2.45) is 0 Å². The van der Waals surface area contributed by atoms with Gasteiger partial charge in [0.2, 0.25) is 0 Å². The second-order valence-corrected chi connectivity index (χ2v) is 5.99. The average Bonchev–Trinajstić information content (AvgIpc) is 2.33. The fourth-order valence-electron chi connectivity index (χ4n) is 1.45. The van der Waals surface area contributed by atoms with Gasteiger partial charge in [0.25, 0.3) is 0 Å². The van der Waals surface area contributed by atoms with Crippen molar-refractivity contribution in [1.29, 1.82) is 0 Å². The third-order valence-corrected chi connectivity index (χ3v) is 4.44. The number of rotatable bonds is 4. The zero-order valence-corrected chi connectivity index (χ0v) is 10.6. The maximum absolute atomic E-state index is 12.7. The van der Waals surface area contributed by atoms with Gasteiger partial charge in [-0.3, -0.25) is 0 Å². The summed E-state index contributed by atoms with van der Waals surface area (Å²) in [5, 5.41) is 1.17. The normalized spacial score (nSPS) is 10.3. The number of halogens is 1. The number of hydrogen-bond acceptors (Lipinski definition) is 0. The molecule has 2 rings (SSSR count). The van der Waals surface area contributed by atoms with Crippen LogP contribution in [-0.2, 0) is 6.42 Å². The van der Waals surface area contributed by atoms with Crippen LogP contribution in [0.2, 0.25) is 5.32 Å². The predicted molar refractivity (Wildman–Crippen MR) is 66.7 cm³/mol. The quantitative estimate of drug-likeness (QED) is 0.755. The Kier molecular flexibility index (Phi) is 4.15. The molecule has 2 aromatic carbocycles. The fourth-order valence-corrected chi connectivity index (χ4v) is 3.39. The molecule has 0 unspecified atom stereocenters. The van der Waals surface area contributed by atoms with Crippen molar-refractivity contribution in [3.05, 3.63) is 66.0 Å².